The van der Waals surface area contributed by atoms with Crippen molar-refractivity contribution in [2.24, 2.45) is 0 Å². The molecule has 1 atom stereocenters. The maximum atomic E-state index is 12.3. The van der Waals surface area contributed by atoms with Crippen LogP contribution in [0.3, 0.4) is 0 Å². The van der Waals surface area contributed by atoms with Crippen LogP contribution in [-0.2, 0) is 19.1 Å². The summed E-state index contributed by atoms with van der Waals surface area (Å²) in [6.07, 6.45) is 0.713. The van der Waals surface area contributed by atoms with Gasteiger partial charge in [-0.05, 0) is 27.2 Å². The Morgan fingerprint density at radius 1 is 1.33 bits per heavy atom. The van der Waals surface area contributed by atoms with Crippen LogP contribution in [-0.4, -0.2) is 47.0 Å². The summed E-state index contributed by atoms with van der Waals surface area (Å²) in [6.45, 7) is 7.38. The number of hydrogen-bond acceptors (Lipinski definition) is 6. The van der Waals surface area contributed by atoms with Gasteiger partial charge in [-0.15, -0.1) is 0 Å². The predicted octanol–water partition coefficient (Wildman–Crippen LogP) is 1.89. The Balaban J connectivity index is 2.62. The van der Waals surface area contributed by atoms with E-state index in [1.807, 2.05) is 13.8 Å². The molecule has 8 heteroatoms. The van der Waals surface area contributed by atoms with E-state index >= 15 is 0 Å². The lowest BCUT2D eigenvalue weighted by Crippen LogP contribution is -2.43. The third-order valence-electron chi connectivity index (χ3n) is 3.50. The first-order valence-electron chi connectivity index (χ1n) is 8.05. The lowest BCUT2D eigenvalue weighted by molar-refractivity contribution is -0.146. The minimum absolute atomic E-state index is 0.00368. The third kappa shape index (κ3) is 6.39. The van der Waals surface area contributed by atoms with E-state index in [0.717, 1.165) is 0 Å². The highest BCUT2D eigenvalue weighted by Gasteiger charge is 2.23. The van der Waals surface area contributed by atoms with Crippen molar-refractivity contribution in [2.45, 2.75) is 53.0 Å². The molecule has 24 heavy (non-hydrogen) atoms. The van der Waals surface area contributed by atoms with Crippen LogP contribution < -0.4 is 5.32 Å². The van der Waals surface area contributed by atoms with Crippen LogP contribution in [0.2, 0.25) is 0 Å². The smallest absolute Gasteiger partial charge is 0.306 e. The summed E-state index contributed by atoms with van der Waals surface area (Å²) in [5.74, 6) is -0.162. The first-order chi connectivity index (χ1) is 11.4. The Hall–Kier alpha value is -2.38. The Morgan fingerprint density at radius 3 is 2.58 bits per heavy atom. The van der Waals surface area contributed by atoms with Crippen molar-refractivity contribution in [3.63, 3.8) is 0 Å². The van der Waals surface area contributed by atoms with Gasteiger partial charge in [0, 0.05) is 18.5 Å². The predicted molar refractivity (Wildman–Crippen MR) is 87.2 cm³/mol. The second-order valence-electron chi connectivity index (χ2n) is 5.45. The van der Waals surface area contributed by atoms with Crippen molar-refractivity contribution < 1.29 is 23.6 Å². The number of amides is 2. The summed E-state index contributed by atoms with van der Waals surface area (Å²) in [4.78, 5) is 37.3. The zero-order valence-electron chi connectivity index (χ0n) is 14.6. The fourth-order valence-corrected chi connectivity index (χ4v) is 2.06. The Bertz CT molecular complexity index is 570. The van der Waals surface area contributed by atoms with Gasteiger partial charge in [-0.1, -0.05) is 12.1 Å². The molecule has 0 aliphatic rings. The van der Waals surface area contributed by atoms with Crippen molar-refractivity contribution in [1.82, 2.24) is 10.1 Å². The van der Waals surface area contributed by atoms with Crippen molar-refractivity contribution in [2.75, 3.05) is 18.5 Å². The molecule has 0 aliphatic carbocycles. The van der Waals surface area contributed by atoms with E-state index in [-0.39, 0.29) is 43.8 Å². The summed E-state index contributed by atoms with van der Waals surface area (Å²) in [5.41, 5.74) is 0. The van der Waals surface area contributed by atoms with Crippen molar-refractivity contribution >= 4 is 23.6 Å². The van der Waals surface area contributed by atoms with E-state index in [1.54, 1.807) is 19.9 Å². The van der Waals surface area contributed by atoms with E-state index in [4.69, 9.17) is 9.26 Å². The molecule has 1 heterocycles. The van der Waals surface area contributed by atoms with Crippen molar-refractivity contribution in [3.8, 4) is 0 Å². The summed E-state index contributed by atoms with van der Waals surface area (Å²) >= 11 is 0. The number of aryl methyl sites for hydroxylation is 1. The first kappa shape index (κ1) is 19.7. The van der Waals surface area contributed by atoms with Gasteiger partial charge in [-0.2, -0.15) is 0 Å². The molecule has 0 saturated heterocycles. The number of ether oxygens (including phenoxy) is 1. The van der Waals surface area contributed by atoms with Crippen LogP contribution in [0, 0.1) is 6.92 Å². The first-order valence-corrected chi connectivity index (χ1v) is 8.05. The number of esters is 1. The molecule has 0 aliphatic heterocycles. The zero-order chi connectivity index (χ0) is 18.1. The molecule has 1 aromatic heterocycles. The molecule has 0 aromatic carbocycles. The van der Waals surface area contributed by atoms with Gasteiger partial charge in [-0.3, -0.25) is 14.4 Å². The molecule has 0 saturated carbocycles. The molecule has 0 fully saturated rings. The Labute approximate surface area is 141 Å². The molecule has 8 nitrogen and oxygen atoms in total. The lowest BCUT2D eigenvalue weighted by Gasteiger charge is -2.27. The largest absolute Gasteiger partial charge is 0.466 e. The van der Waals surface area contributed by atoms with Gasteiger partial charge in [0.2, 0.25) is 11.8 Å². The van der Waals surface area contributed by atoms with Gasteiger partial charge in [0.05, 0.1) is 13.0 Å². The van der Waals surface area contributed by atoms with Crippen LogP contribution in [0.4, 0.5) is 5.82 Å². The molecule has 1 N–H and O–H groups in total. The van der Waals surface area contributed by atoms with Crippen LogP contribution >= 0.6 is 0 Å². The fraction of sp³-hybridized carbons (Fsp3) is 0.625. The van der Waals surface area contributed by atoms with Gasteiger partial charge < -0.3 is 19.5 Å². The third-order valence-corrected chi connectivity index (χ3v) is 3.50. The molecule has 2 amide bonds. The quantitative estimate of drug-likeness (QED) is 0.689. The number of aromatic nitrogens is 1. The van der Waals surface area contributed by atoms with E-state index in [9.17, 15) is 14.4 Å². The molecular weight excluding hydrogens is 314 g/mol. The summed E-state index contributed by atoms with van der Waals surface area (Å²) in [7, 11) is 0. The van der Waals surface area contributed by atoms with Crippen LogP contribution in [0.5, 0.6) is 0 Å². The number of carbonyl (C=O) groups is 3. The van der Waals surface area contributed by atoms with Crippen molar-refractivity contribution in [1.29, 1.82) is 0 Å². The Kier molecular flexibility index (Phi) is 7.94. The summed E-state index contributed by atoms with van der Waals surface area (Å²) in [6, 6.07) is 1.47. The zero-order valence-corrected chi connectivity index (χ0v) is 14.6. The Morgan fingerprint density at radius 2 is 2.04 bits per heavy atom. The number of hydrogen-bond donors (Lipinski definition) is 1. The molecular formula is C16H25N3O5. The molecule has 0 bridgehead atoms. The van der Waals surface area contributed by atoms with Crippen LogP contribution in [0.15, 0.2) is 10.6 Å². The molecule has 1 unspecified atom stereocenters. The molecule has 0 spiro atoms. The van der Waals surface area contributed by atoms with E-state index in [2.05, 4.69) is 10.5 Å². The molecule has 134 valence electrons. The van der Waals surface area contributed by atoms with E-state index in [0.29, 0.717) is 18.0 Å². The minimum Gasteiger partial charge on any atom is -0.466 e. The van der Waals surface area contributed by atoms with Gasteiger partial charge >= 0.3 is 5.97 Å². The number of nitrogens with zero attached hydrogens (tertiary/aromatic N) is 2. The fourth-order valence-electron chi connectivity index (χ4n) is 2.06. The maximum Gasteiger partial charge on any atom is 0.306 e. The average Bonchev–Trinajstić information content (AvgIpc) is 2.94. The average molecular weight is 339 g/mol. The molecule has 0 radical (unpaired) electrons. The second kappa shape index (κ2) is 9.69. The number of carbonyl (C=O) groups excluding carboxylic acids is 3. The summed E-state index contributed by atoms with van der Waals surface area (Å²) in [5, 5.41) is 6.26. The van der Waals surface area contributed by atoms with Crippen LogP contribution in [0.25, 0.3) is 0 Å². The SMILES string of the molecule is CCOC(=O)CCC(=O)N(CC(=O)Nc1cc(C)on1)C(C)CC. The number of nitrogens with one attached hydrogen (secondary N) is 1. The normalized spacial score (nSPS) is 11.7. The topological polar surface area (TPSA) is 102 Å². The highest BCUT2D eigenvalue weighted by atomic mass is 16.5. The van der Waals surface area contributed by atoms with Gasteiger partial charge in [0.25, 0.3) is 0 Å². The van der Waals surface area contributed by atoms with Gasteiger partial charge in [-0.25, -0.2) is 0 Å². The monoisotopic (exact) mass is 339 g/mol. The van der Waals surface area contributed by atoms with Crippen LogP contribution in [0.1, 0.15) is 45.8 Å². The maximum absolute atomic E-state index is 12.3. The van der Waals surface area contributed by atoms with Gasteiger partial charge in [0.15, 0.2) is 5.82 Å². The van der Waals surface area contributed by atoms with E-state index in [1.165, 1.54) is 4.90 Å². The van der Waals surface area contributed by atoms with Crippen molar-refractivity contribution in [3.05, 3.63) is 11.8 Å². The van der Waals surface area contributed by atoms with Gasteiger partial charge in [0.1, 0.15) is 12.3 Å². The highest BCUT2D eigenvalue weighted by molar-refractivity contribution is 5.94. The number of anilines is 1. The standard InChI is InChI=1S/C16H25N3O5/c1-5-11(3)19(15(21)7-8-16(22)23-6-2)10-14(20)17-13-9-12(4)24-18-13/h9,11H,5-8,10H2,1-4H3,(H,17,18,20). The highest BCUT2D eigenvalue weighted by Crippen LogP contribution is 2.10. The number of rotatable bonds is 9. The van der Waals surface area contributed by atoms with E-state index < -0.39 is 5.97 Å². The minimum atomic E-state index is -0.419. The molecule has 1 rings (SSSR count). The molecule has 1 aromatic rings. The second-order valence-corrected chi connectivity index (χ2v) is 5.45. The summed E-state index contributed by atoms with van der Waals surface area (Å²) < 4.78 is 9.69. The lowest BCUT2D eigenvalue weighted by atomic mass is 10.2.